The van der Waals surface area contributed by atoms with Crippen molar-refractivity contribution >= 4 is 34.0 Å². The number of hydrogen-bond acceptors (Lipinski definition) is 3. The molecule has 1 aliphatic rings. The molecule has 0 saturated carbocycles. The molecule has 0 radical (unpaired) electrons. The van der Waals surface area contributed by atoms with Crippen molar-refractivity contribution in [3.8, 4) is 0 Å². The third kappa shape index (κ3) is 4.12. The highest BCUT2D eigenvalue weighted by Crippen LogP contribution is 2.46. The number of H-pyrrole nitrogens is 1. The van der Waals surface area contributed by atoms with Gasteiger partial charge in [0.05, 0.1) is 11.6 Å². The third-order valence-corrected chi connectivity index (χ3v) is 7.64. The molecule has 0 aliphatic carbocycles. The summed E-state index contributed by atoms with van der Waals surface area (Å²) in [4.78, 5) is 32.4. The highest BCUT2D eigenvalue weighted by atomic mass is 16.3. The van der Waals surface area contributed by atoms with Gasteiger partial charge in [0.2, 0.25) is 0 Å². The lowest BCUT2D eigenvalue weighted by Gasteiger charge is -2.26. The molecule has 1 saturated heterocycles. The minimum absolute atomic E-state index is 0.108. The zero-order chi connectivity index (χ0) is 27.4. The summed E-state index contributed by atoms with van der Waals surface area (Å²) in [5, 5.41) is 12.7. The summed E-state index contributed by atoms with van der Waals surface area (Å²) >= 11 is 0. The number of aliphatic hydroxyl groups excluding tert-OH is 1. The van der Waals surface area contributed by atoms with E-state index in [4.69, 9.17) is 0 Å². The molecule has 38 heavy (non-hydrogen) atoms. The van der Waals surface area contributed by atoms with Crippen molar-refractivity contribution in [1.82, 2.24) is 4.98 Å². The average Bonchev–Trinajstić information content (AvgIpc) is 3.35. The fourth-order valence-corrected chi connectivity index (χ4v) is 5.40. The standard InChI is InChI=1S/C33H34N2O3/c1-7-21-13-16-23(17-14-21)35-29(27-20(3)34-26-11-9-8-10-24(26)27)28(31(37)32(35)38)30(36)25-18-22(33(4,5)6)15-12-19(25)2/h8-18,29,34,36H,7H2,1-6H3/b30-28+. The molecular formula is C33H34N2O3. The molecule has 0 spiro atoms. The maximum Gasteiger partial charge on any atom is 0.300 e. The Bertz CT molecular complexity index is 1600. The Balaban J connectivity index is 1.81. The van der Waals surface area contributed by atoms with E-state index in [-0.39, 0.29) is 16.7 Å². The van der Waals surface area contributed by atoms with Gasteiger partial charge in [0.1, 0.15) is 5.76 Å². The second kappa shape index (κ2) is 9.32. The van der Waals surface area contributed by atoms with E-state index in [1.807, 2.05) is 80.6 Å². The molecule has 2 heterocycles. The molecule has 1 unspecified atom stereocenters. The van der Waals surface area contributed by atoms with Gasteiger partial charge in [0, 0.05) is 33.4 Å². The number of para-hydroxylation sites is 1. The number of aromatic nitrogens is 1. The number of fused-ring (bicyclic) bond motifs is 1. The largest absolute Gasteiger partial charge is 0.507 e. The maximum absolute atomic E-state index is 13.8. The van der Waals surface area contributed by atoms with Crippen LogP contribution in [0.25, 0.3) is 16.7 Å². The summed E-state index contributed by atoms with van der Waals surface area (Å²) in [7, 11) is 0. The van der Waals surface area contributed by atoms with Crippen LogP contribution >= 0.6 is 0 Å². The first-order valence-electron chi connectivity index (χ1n) is 13.1. The quantitative estimate of drug-likeness (QED) is 0.174. The molecule has 194 valence electrons. The van der Waals surface area contributed by atoms with Crippen LogP contribution in [0.2, 0.25) is 0 Å². The lowest BCUT2D eigenvalue weighted by atomic mass is 9.84. The van der Waals surface area contributed by atoms with E-state index in [9.17, 15) is 14.7 Å². The second-order valence-electron chi connectivity index (χ2n) is 11.2. The number of rotatable bonds is 4. The number of ketones is 1. The molecule has 3 aromatic carbocycles. The monoisotopic (exact) mass is 506 g/mol. The lowest BCUT2D eigenvalue weighted by Crippen LogP contribution is -2.29. The predicted octanol–water partition coefficient (Wildman–Crippen LogP) is 7.27. The number of Topliss-reactive ketones (excluding diaryl/α,β-unsaturated/α-hetero) is 1. The minimum atomic E-state index is -0.781. The highest BCUT2D eigenvalue weighted by molar-refractivity contribution is 6.52. The summed E-state index contributed by atoms with van der Waals surface area (Å²) in [5.74, 6) is -1.47. The minimum Gasteiger partial charge on any atom is -0.507 e. The SMILES string of the molecule is CCc1ccc(N2C(=O)C(=O)/C(=C(/O)c3cc(C(C)(C)C)ccc3C)C2c2c(C)[nH]c3ccccc23)cc1. The van der Waals surface area contributed by atoms with E-state index in [1.54, 1.807) is 4.90 Å². The van der Waals surface area contributed by atoms with E-state index in [0.29, 0.717) is 11.3 Å². The number of nitrogens with one attached hydrogen (secondary N) is 1. The zero-order valence-electron chi connectivity index (χ0n) is 22.8. The van der Waals surface area contributed by atoms with Crippen molar-refractivity contribution in [1.29, 1.82) is 0 Å². The fraction of sp³-hybridized carbons (Fsp3) is 0.273. The van der Waals surface area contributed by atoms with Crippen LogP contribution in [-0.4, -0.2) is 21.8 Å². The number of nitrogens with zero attached hydrogens (tertiary/aromatic N) is 1. The Morgan fingerprint density at radius 3 is 2.32 bits per heavy atom. The first kappa shape index (κ1) is 25.5. The summed E-state index contributed by atoms with van der Waals surface area (Å²) in [6.45, 7) is 12.2. The molecule has 1 aromatic heterocycles. The van der Waals surface area contributed by atoms with Crippen molar-refractivity contribution in [2.75, 3.05) is 4.90 Å². The Labute approximate surface area is 223 Å². The van der Waals surface area contributed by atoms with Crippen LogP contribution in [0.1, 0.15) is 67.2 Å². The van der Waals surface area contributed by atoms with Crippen LogP contribution in [0.3, 0.4) is 0 Å². The van der Waals surface area contributed by atoms with Crippen LogP contribution in [0.5, 0.6) is 0 Å². The highest BCUT2D eigenvalue weighted by Gasteiger charge is 2.48. The van der Waals surface area contributed by atoms with Gasteiger partial charge < -0.3 is 10.1 Å². The predicted molar refractivity (Wildman–Crippen MR) is 154 cm³/mol. The van der Waals surface area contributed by atoms with Crippen molar-refractivity contribution in [2.45, 2.75) is 59.4 Å². The summed E-state index contributed by atoms with van der Waals surface area (Å²) in [6, 6.07) is 20.7. The van der Waals surface area contributed by atoms with Crippen LogP contribution in [0, 0.1) is 13.8 Å². The van der Waals surface area contributed by atoms with Crippen molar-refractivity contribution in [3.05, 3.63) is 106 Å². The molecule has 1 fully saturated rings. The molecule has 5 nitrogen and oxygen atoms in total. The molecule has 4 aromatic rings. The number of benzene rings is 3. The van der Waals surface area contributed by atoms with Gasteiger partial charge in [-0.25, -0.2) is 0 Å². The smallest absolute Gasteiger partial charge is 0.300 e. The number of anilines is 1. The number of aryl methyl sites for hydroxylation is 3. The van der Waals surface area contributed by atoms with Gasteiger partial charge in [-0.2, -0.15) is 0 Å². The van der Waals surface area contributed by atoms with Gasteiger partial charge in [-0.05, 0) is 66.6 Å². The third-order valence-electron chi connectivity index (χ3n) is 7.64. The first-order chi connectivity index (χ1) is 18.0. The van der Waals surface area contributed by atoms with E-state index in [1.165, 1.54) is 0 Å². The molecule has 1 atom stereocenters. The molecule has 5 heteroatoms. The van der Waals surface area contributed by atoms with Gasteiger partial charge in [-0.3, -0.25) is 14.5 Å². The van der Waals surface area contributed by atoms with E-state index >= 15 is 0 Å². The van der Waals surface area contributed by atoms with Crippen LogP contribution in [-0.2, 0) is 21.4 Å². The van der Waals surface area contributed by atoms with Gasteiger partial charge in [0.15, 0.2) is 0 Å². The van der Waals surface area contributed by atoms with Gasteiger partial charge >= 0.3 is 0 Å². The molecular weight excluding hydrogens is 472 g/mol. The molecule has 1 amide bonds. The molecule has 0 bridgehead atoms. The topological polar surface area (TPSA) is 73.4 Å². The van der Waals surface area contributed by atoms with Crippen molar-refractivity contribution < 1.29 is 14.7 Å². The van der Waals surface area contributed by atoms with E-state index in [0.717, 1.165) is 45.3 Å². The van der Waals surface area contributed by atoms with E-state index in [2.05, 4.69) is 32.7 Å². The fourth-order valence-electron chi connectivity index (χ4n) is 5.40. The summed E-state index contributed by atoms with van der Waals surface area (Å²) in [6.07, 6.45) is 0.869. The second-order valence-corrected chi connectivity index (χ2v) is 11.2. The van der Waals surface area contributed by atoms with Crippen LogP contribution in [0.15, 0.2) is 72.3 Å². The van der Waals surface area contributed by atoms with Crippen LogP contribution < -0.4 is 4.90 Å². The molecule has 2 N–H and O–H groups in total. The molecule has 5 rings (SSSR count). The molecule has 1 aliphatic heterocycles. The number of carbonyl (C=O) groups excluding carboxylic acids is 2. The summed E-state index contributed by atoms with van der Waals surface area (Å²) < 4.78 is 0. The Hall–Kier alpha value is -4.12. The number of hydrogen-bond donors (Lipinski definition) is 2. The van der Waals surface area contributed by atoms with Crippen LogP contribution in [0.4, 0.5) is 5.69 Å². The van der Waals surface area contributed by atoms with E-state index < -0.39 is 17.7 Å². The lowest BCUT2D eigenvalue weighted by molar-refractivity contribution is -0.132. The van der Waals surface area contributed by atoms with Gasteiger partial charge in [0.25, 0.3) is 11.7 Å². The number of aliphatic hydroxyl groups is 1. The normalized spacial score (nSPS) is 17.5. The average molecular weight is 507 g/mol. The number of carbonyl (C=O) groups is 2. The number of aromatic amines is 1. The van der Waals surface area contributed by atoms with Gasteiger partial charge in [-0.15, -0.1) is 0 Å². The Morgan fingerprint density at radius 1 is 0.974 bits per heavy atom. The first-order valence-corrected chi connectivity index (χ1v) is 13.1. The van der Waals surface area contributed by atoms with Crippen molar-refractivity contribution in [2.24, 2.45) is 0 Å². The number of amides is 1. The Morgan fingerprint density at radius 2 is 1.66 bits per heavy atom. The van der Waals surface area contributed by atoms with Crippen molar-refractivity contribution in [3.63, 3.8) is 0 Å². The zero-order valence-corrected chi connectivity index (χ0v) is 22.8. The maximum atomic E-state index is 13.8. The summed E-state index contributed by atoms with van der Waals surface area (Å²) in [5.41, 5.74) is 6.73. The van der Waals surface area contributed by atoms with Gasteiger partial charge in [-0.1, -0.05) is 70.2 Å². The Kier molecular flexibility index (Phi) is 6.26.